The van der Waals surface area contributed by atoms with E-state index < -0.39 is 28.7 Å². The lowest BCUT2D eigenvalue weighted by atomic mass is 9.79. The van der Waals surface area contributed by atoms with Crippen LogP contribution >= 0.6 is 11.6 Å². The first-order chi connectivity index (χ1) is 17.5. The molecule has 2 aliphatic rings. The summed E-state index contributed by atoms with van der Waals surface area (Å²) in [6.45, 7) is 7.62. The van der Waals surface area contributed by atoms with Crippen molar-refractivity contribution in [1.82, 2.24) is 10.1 Å². The fourth-order valence-corrected chi connectivity index (χ4v) is 5.76. The van der Waals surface area contributed by atoms with Crippen molar-refractivity contribution in [2.75, 3.05) is 11.4 Å². The minimum atomic E-state index is -1.53. The Morgan fingerprint density at radius 2 is 1.86 bits per heavy atom. The molecule has 0 aliphatic carbocycles. The minimum absolute atomic E-state index is 0.213. The number of carbonyl (C=O) groups is 3. The molecule has 0 saturated carbocycles. The van der Waals surface area contributed by atoms with Crippen molar-refractivity contribution < 1.29 is 24.0 Å². The maximum Gasteiger partial charge on any atom is 0.327 e. The molecule has 1 spiro atoms. The van der Waals surface area contributed by atoms with Crippen LogP contribution in [-0.4, -0.2) is 45.5 Å². The molecule has 1 aromatic heterocycles. The van der Waals surface area contributed by atoms with Crippen molar-refractivity contribution in [3.05, 3.63) is 70.4 Å². The zero-order valence-electron chi connectivity index (χ0n) is 21.1. The van der Waals surface area contributed by atoms with Crippen molar-refractivity contribution in [2.45, 2.75) is 52.1 Å². The van der Waals surface area contributed by atoms with E-state index in [1.165, 1.54) is 4.90 Å². The van der Waals surface area contributed by atoms with Crippen molar-refractivity contribution in [3.63, 3.8) is 0 Å². The SMILES string of the molecule is Cc1onc(-c2ccccc2)c1CN1CCC2(C1=O)C(=O)N(C(C(=O)O)C(C)(C)C)c1ccc(Cl)cc12. The lowest BCUT2D eigenvalue weighted by molar-refractivity contribution is -0.145. The van der Waals surface area contributed by atoms with Crippen LogP contribution in [0.15, 0.2) is 53.1 Å². The number of halogens is 1. The Balaban J connectivity index is 1.56. The standard InChI is InChI=1S/C28H28ClN3O5/c1-16-19(22(30-37-16)17-8-6-5-7-9-17)15-31-13-12-28(25(31)35)20-14-18(29)10-11-21(20)32(26(28)36)23(24(33)34)27(2,3)4/h5-11,14,23H,12-13,15H2,1-4H3,(H,33,34). The molecule has 2 atom stereocenters. The molecule has 2 aliphatic heterocycles. The van der Waals surface area contributed by atoms with E-state index in [1.807, 2.05) is 30.3 Å². The first kappa shape index (κ1) is 25.0. The number of carboxylic acid groups (broad SMARTS) is 1. The number of hydrogen-bond acceptors (Lipinski definition) is 5. The number of fused-ring (bicyclic) bond motifs is 2. The number of nitrogens with zero attached hydrogens (tertiary/aromatic N) is 3. The highest BCUT2D eigenvalue weighted by atomic mass is 35.5. The first-order valence-electron chi connectivity index (χ1n) is 12.1. The number of carbonyl (C=O) groups excluding carboxylic acids is 2. The molecule has 2 unspecified atom stereocenters. The van der Waals surface area contributed by atoms with E-state index in [2.05, 4.69) is 5.16 Å². The summed E-state index contributed by atoms with van der Waals surface area (Å²) < 4.78 is 5.47. The van der Waals surface area contributed by atoms with Gasteiger partial charge < -0.3 is 14.5 Å². The van der Waals surface area contributed by atoms with Gasteiger partial charge in [0, 0.05) is 33.9 Å². The number of carboxylic acids is 1. The second-order valence-corrected chi connectivity index (χ2v) is 11.2. The summed E-state index contributed by atoms with van der Waals surface area (Å²) in [7, 11) is 0. The molecule has 1 N–H and O–H groups in total. The van der Waals surface area contributed by atoms with E-state index >= 15 is 0 Å². The highest BCUT2D eigenvalue weighted by Crippen LogP contribution is 2.51. The Bertz CT molecular complexity index is 1410. The summed E-state index contributed by atoms with van der Waals surface area (Å²) in [5.41, 5.74) is 0.838. The monoisotopic (exact) mass is 521 g/mol. The van der Waals surface area contributed by atoms with Gasteiger partial charge in [0.1, 0.15) is 17.5 Å². The lowest BCUT2D eigenvalue weighted by Crippen LogP contribution is -2.55. The molecule has 8 nitrogen and oxygen atoms in total. The Hall–Kier alpha value is -3.65. The van der Waals surface area contributed by atoms with Crippen LogP contribution in [0, 0.1) is 12.3 Å². The second-order valence-electron chi connectivity index (χ2n) is 10.8. The number of rotatable bonds is 5. The van der Waals surface area contributed by atoms with Crippen LogP contribution in [0.1, 0.15) is 44.1 Å². The molecule has 3 heterocycles. The quantitative estimate of drug-likeness (QED) is 0.483. The Labute approximate surface area is 219 Å². The van der Waals surface area contributed by atoms with Crippen LogP contribution in [0.25, 0.3) is 11.3 Å². The van der Waals surface area contributed by atoms with Gasteiger partial charge in [-0.1, -0.05) is 67.9 Å². The average Bonchev–Trinajstić information content (AvgIpc) is 3.44. The molecule has 9 heteroatoms. The van der Waals surface area contributed by atoms with E-state index in [9.17, 15) is 19.5 Å². The minimum Gasteiger partial charge on any atom is -0.480 e. The summed E-state index contributed by atoms with van der Waals surface area (Å²) in [6, 6.07) is 13.3. The van der Waals surface area contributed by atoms with E-state index in [1.54, 1.807) is 50.8 Å². The molecule has 3 aromatic rings. The normalized spacial score (nSPS) is 20.1. The van der Waals surface area contributed by atoms with Crippen LogP contribution in [0.3, 0.4) is 0 Å². The molecule has 1 saturated heterocycles. The van der Waals surface area contributed by atoms with E-state index in [0.29, 0.717) is 34.3 Å². The average molecular weight is 522 g/mol. The van der Waals surface area contributed by atoms with E-state index in [-0.39, 0.29) is 18.9 Å². The fraction of sp³-hybridized carbons (Fsp3) is 0.357. The van der Waals surface area contributed by atoms with Gasteiger partial charge in [-0.3, -0.25) is 14.5 Å². The zero-order chi connectivity index (χ0) is 26.7. The van der Waals surface area contributed by atoms with Gasteiger partial charge in [0.2, 0.25) is 11.8 Å². The highest BCUT2D eigenvalue weighted by molar-refractivity contribution is 6.31. The van der Waals surface area contributed by atoms with Crippen molar-refractivity contribution in [1.29, 1.82) is 0 Å². The predicted octanol–water partition coefficient (Wildman–Crippen LogP) is 4.82. The van der Waals surface area contributed by atoms with Crippen molar-refractivity contribution >= 4 is 35.1 Å². The number of likely N-dealkylation sites (tertiary alicyclic amines) is 1. The fourth-order valence-electron chi connectivity index (χ4n) is 5.59. The van der Waals surface area contributed by atoms with Crippen LogP contribution in [-0.2, 0) is 26.3 Å². The van der Waals surface area contributed by atoms with Gasteiger partial charge in [0.05, 0.1) is 6.54 Å². The van der Waals surface area contributed by atoms with Gasteiger partial charge in [0.25, 0.3) is 0 Å². The largest absolute Gasteiger partial charge is 0.480 e. The first-order valence-corrected chi connectivity index (χ1v) is 12.5. The number of aliphatic carboxylic acids is 1. The van der Waals surface area contributed by atoms with E-state index in [4.69, 9.17) is 16.1 Å². The molecule has 5 rings (SSSR count). The number of hydrogen-bond donors (Lipinski definition) is 1. The Kier molecular flexibility index (Phi) is 5.90. The van der Waals surface area contributed by atoms with Gasteiger partial charge >= 0.3 is 5.97 Å². The van der Waals surface area contributed by atoms with Gasteiger partial charge in [-0.15, -0.1) is 0 Å². The number of amides is 2. The van der Waals surface area contributed by atoms with Crippen LogP contribution in [0.4, 0.5) is 5.69 Å². The zero-order valence-corrected chi connectivity index (χ0v) is 21.9. The summed E-state index contributed by atoms with van der Waals surface area (Å²) in [6.07, 6.45) is 0.218. The van der Waals surface area contributed by atoms with Crippen molar-refractivity contribution in [2.24, 2.45) is 5.41 Å². The summed E-state index contributed by atoms with van der Waals surface area (Å²) in [5, 5.41) is 14.7. The van der Waals surface area contributed by atoms with Crippen LogP contribution in [0.5, 0.6) is 0 Å². The summed E-state index contributed by atoms with van der Waals surface area (Å²) >= 11 is 6.33. The molecule has 0 radical (unpaired) electrons. The van der Waals surface area contributed by atoms with Gasteiger partial charge in [-0.05, 0) is 37.0 Å². The summed E-state index contributed by atoms with van der Waals surface area (Å²) in [5.74, 6) is -1.44. The molecule has 2 aromatic carbocycles. The van der Waals surface area contributed by atoms with Gasteiger partial charge in [-0.25, -0.2) is 4.79 Å². The molecular formula is C28H28ClN3O5. The van der Waals surface area contributed by atoms with Crippen LogP contribution in [0.2, 0.25) is 5.02 Å². The third-order valence-electron chi connectivity index (χ3n) is 7.36. The maximum atomic E-state index is 14.1. The van der Waals surface area contributed by atoms with Crippen LogP contribution < -0.4 is 4.90 Å². The number of aromatic nitrogens is 1. The van der Waals surface area contributed by atoms with E-state index in [0.717, 1.165) is 11.1 Å². The smallest absolute Gasteiger partial charge is 0.327 e. The van der Waals surface area contributed by atoms with Crippen molar-refractivity contribution in [3.8, 4) is 11.3 Å². The predicted molar refractivity (Wildman–Crippen MR) is 138 cm³/mol. The molecule has 2 amide bonds. The molecule has 192 valence electrons. The second kappa shape index (κ2) is 8.73. The lowest BCUT2D eigenvalue weighted by Gasteiger charge is -2.35. The Morgan fingerprint density at radius 1 is 1.16 bits per heavy atom. The maximum absolute atomic E-state index is 14.1. The third kappa shape index (κ3) is 3.82. The molecular weight excluding hydrogens is 494 g/mol. The Morgan fingerprint density at radius 3 is 2.51 bits per heavy atom. The number of benzene rings is 2. The van der Waals surface area contributed by atoms with Gasteiger partial charge in [0.15, 0.2) is 5.41 Å². The number of aryl methyl sites for hydroxylation is 1. The molecule has 1 fully saturated rings. The molecule has 0 bridgehead atoms. The highest BCUT2D eigenvalue weighted by Gasteiger charge is 2.63. The van der Waals surface area contributed by atoms with Gasteiger partial charge in [-0.2, -0.15) is 0 Å². The molecule has 37 heavy (non-hydrogen) atoms. The topological polar surface area (TPSA) is 104 Å². The third-order valence-corrected chi connectivity index (χ3v) is 7.60. The number of anilines is 1. The summed E-state index contributed by atoms with van der Waals surface area (Å²) in [4.78, 5) is 43.6.